The zero-order valence-corrected chi connectivity index (χ0v) is 10.6. The van der Waals surface area contributed by atoms with E-state index in [1.807, 2.05) is 0 Å². The molecule has 1 rings (SSSR count). The van der Waals surface area contributed by atoms with Crippen LogP contribution in [0.2, 0.25) is 0 Å². The van der Waals surface area contributed by atoms with Gasteiger partial charge in [-0.2, -0.15) is 0 Å². The van der Waals surface area contributed by atoms with Crippen LogP contribution in [0.5, 0.6) is 0 Å². The van der Waals surface area contributed by atoms with E-state index < -0.39 is 34.2 Å². The van der Waals surface area contributed by atoms with Crippen molar-refractivity contribution < 1.29 is 24.5 Å². The summed E-state index contributed by atoms with van der Waals surface area (Å²) in [6, 6.07) is 0. The van der Waals surface area contributed by atoms with Gasteiger partial charge in [0, 0.05) is 0 Å². The predicted molar refractivity (Wildman–Crippen MR) is 58.8 cm³/mol. The van der Waals surface area contributed by atoms with Crippen molar-refractivity contribution in [2.75, 3.05) is 0 Å². The zero-order chi connectivity index (χ0) is 12.5. The first-order valence-electron chi connectivity index (χ1n) is 4.85. The van der Waals surface area contributed by atoms with Gasteiger partial charge in [-0.15, -0.1) is 0 Å². The van der Waals surface area contributed by atoms with Crippen LogP contribution in [-0.2, 0) is 14.3 Å². The lowest BCUT2D eigenvalue weighted by Crippen LogP contribution is -2.63. The first kappa shape index (κ1) is 13.8. The Balaban J connectivity index is 3.04. The number of aliphatic hydroxyl groups is 2. The molecule has 1 aliphatic heterocycles. The van der Waals surface area contributed by atoms with Gasteiger partial charge in [-0.05, 0) is 20.3 Å². The lowest BCUT2D eigenvalue weighted by molar-refractivity contribution is -0.177. The highest BCUT2D eigenvalue weighted by atomic mass is 79.9. The van der Waals surface area contributed by atoms with E-state index >= 15 is 0 Å². The Kier molecular flexibility index (Phi) is 4.23. The standard InChI is InChI=1S/C10H14BrO5/c1-5(12)8(14)9-10(15,6(2)13)7(11)3-4-16-9/h4,7-9,14-15H,3H2,1-2H3/t7-,8?,9+,10-/m0/s1. The lowest BCUT2D eigenvalue weighted by atomic mass is 9.82. The highest BCUT2D eigenvalue weighted by Crippen LogP contribution is 2.35. The molecule has 2 N–H and O–H groups in total. The lowest BCUT2D eigenvalue weighted by Gasteiger charge is -2.42. The first-order chi connectivity index (χ1) is 7.31. The van der Waals surface area contributed by atoms with Gasteiger partial charge in [-0.3, -0.25) is 9.59 Å². The smallest absolute Gasteiger partial charge is 0.165 e. The second-order valence-corrected chi connectivity index (χ2v) is 4.97. The van der Waals surface area contributed by atoms with Crippen molar-refractivity contribution in [2.45, 2.75) is 42.9 Å². The quantitative estimate of drug-likeness (QED) is 0.714. The highest BCUT2D eigenvalue weighted by molar-refractivity contribution is 9.09. The minimum absolute atomic E-state index is 0.317. The van der Waals surface area contributed by atoms with Gasteiger partial charge in [0.2, 0.25) is 0 Å². The summed E-state index contributed by atoms with van der Waals surface area (Å²) in [5, 5.41) is 19.9. The third-order valence-corrected chi connectivity index (χ3v) is 3.80. The van der Waals surface area contributed by atoms with Crippen LogP contribution in [0.1, 0.15) is 20.3 Å². The number of Topliss-reactive ketones (excluding diaryl/α,β-unsaturated/α-hetero) is 2. The summed E-state index contributed by atoms with van der Waals surface area (Å²) in [4.78, 5) is 22.0. The van der Waals surface area contributed by atoms with Crippen LogP contribution in [0.25, 0.3) is 0 Å². The molecule has 1 radical (unpaired) electrons. The Labute approximate surface area is 102 Å². The minimum atomic E-state index is -1.89. The molecule has 0 aromatic rings. The molecule has 1 saturated heterocycles. The van der Waals surface area contributed by atoms with E-state index in [-0.39, 0.29) is 0 Å². The molecule has 1 fully saturated rings. The number of rotatable bonds is 3. The van der Waals surface area contributed by atoms with Gasteiger partial charge in [0.1, 0.15) is 12.2 Å². The van der Waals surface area contributed by atoms with Crippen LogP contribution in [0, 0.1) is 6.61 Å². The number of carbonyl (C=O) groups is 2. The van der Waals surface area contributed by atoms with E-state index in [1.54, 1.807) is 0 Å². The highest BCUT2D eigenvalue weighted by Gasteiger charge is 2.54. The third kappa shape index (κ3) is 2.20. The maximum absolute atomic E-state index is 11.5. The second-order valence-electron chi connectivity index (χ2n) is 3.86. The molecule has 0 aromatic heterocycles. The molecule has 0 aliphatic carbocycles. The number of hydrogen-bond acceptors (Lipinski definition) is 5. The van der Waals surface area contributed by atoms with Gasteiger partial charge in [0.05, 0.1) is 11.4 Å². The van der Waals surface area contributed by atoms with Gasteiger partial charge in [-0.25, -0.2) is 0 Å². The van der Waals surface area contributed by atoms with Gasteiger partial charge < -0.3 is 14.9 Å². The third-order valence-electron chi connectivity index (χ3n) is 2.72. The van der Waals surface area contributed by atoms with Crippen LogP contribution in [0.4, 0.5) is 0 Å². The van der Waals surface area contributed by atoms with Crippen molar-refractivity contribution in [3.8, 4) is 0 Å². The molecule has 0 amide bonds. The van der Waals surface area contributed by atoms with Gasteiger partial charge in [0.15, 0.2) is 17.2 Å². The molecule has 6 heteroatoms. The van der Waals surface area contributed by atoms with E-state index in [9.17, 15) is 19.8 Å². The molecule has 5 nitrogen and oxygen atoms in total. The van der Waals surface area contributed by atoms with Crippen molar-refractivity contribution >= 4 is 27.5 Å². The van der Waals surface area contributed by atoms with Crippen molar-refractivity contribution in [3.63, 3.8) is 0 Å². The average molecular weight is 294 g/mol. The molecular weight excluding hydrogens is 280 g/mol. The fourth-order valence-electron chi connectivity index (χ4n) is 1.65. The molecular formula is C10H14BrO5. The molecule has 4 atom stereocenters. The number of ketones is 2. The molecule has 0 bridgehead atoms. The minimum Gasteiger partial charge on any atom is -0.382 e. The fraction of sp³-hybridized carbons (Fsp3) is 0.700. The van der Waals surface area contributed by atoms with Crippen LogP contribution in [-0.4, -0.2) is 44.4 Å². The molecule has 16 heavy (non-hydrogen) atoms. The number of halogens is 1. The van der Waals surface area contributed by atoms with Gasteiger partial charge in [0.25, 0.3) is 0 Å². The maximum atomic E-state index is 11.5. The summed E-state index contributed by atoms with van der Waals surface area (Å²) in [6.07, 6.45) is -2.47. The Bertz CT molecular complexity index is 306. The number of hydrogen-bond donors (Lipinski definition) is 2. The van der Waals surface area contributed by atoms with E-state index in [0.29, 0.717) is 6.42 Å². The Morgan fingerprint density at radius 2 is 2.12 bits per heavy atom. The average Bonchev–Trinajstić information content (AvgIpc) is 2.20. The number of alkyl halides is 1. The maximum Gasteiger partial charge on any atom is 0.165 e. The molecule has 0 spiro atoms. The fourth-order valence-corrected chi connectivity index (χ4v) is 2.39. The van der Waals surface area contributed by atoms with Gasteiger partial charge >= 0.3 is 0 Å². The van der Waals surface area contributed by atoms with E-state index in [0.717, 1.165) is 0 Å². The summed E-state index contributed by atoms with van der Waals surface area (Å²) in [7, 11) is 0. The van der Waals surface area contributed by atoms with E-state index in [2.05, 4.69) is 15.9 Å². The summed E-state index contributed by atoms with van der Waals surface area (Å²) >= 11 is 3.16. The SMILES string of the molecule is CC(=O)C(O)[C@H]1O[CH]C[C@H](Br)[C@@]1(O)C(C)=O. The van der Waals surface area contributed by atoms with Crippen LogP contribution < -0.4 is 0 Å². The van der Waals surface area contributed by atoms with Crippen molar-refractivity contribution in [2.24, 2.45) is 0 Å². The monoisotopic (exact) mass is 293 g/mol. The summed E-state index contributed by atoms with van der Waals surface area (Å²) in [5.41, 5.74) is -1.89. The molecule has 1 unspecified atom stereocenters. The number of ether oxygens (including phenoxy) is 1. The number of carbonyl (C=O) groups excluding carboxylic acids is 2. The molecule has 0 saturated carbocycles. The Hall–Kier alpha value is -0.300. The van der Waals surface area contributed by atoms with Gasteiger partial charge in [-0.1, -0.05) is 15.9 Å². The Morgan fingerprint density at radius 3 is 2.56 bits per heavy atom. The topological polar surface area (TPSA) is 83.8 Å². The summed E-state index contributed by atoms with van der Waals surface area (Å²) < 4.78 is 5.05. The van der Waals surface area contributed by atoms with Crippen LogP contribution >= 0.6 is 15.9 Å². The Morgan fingerprint density at radius 1 is 1.56 bits per heavy atom. The second kappa shape index (κ2) is 4.91. The van der Waals surface area contributed by atoms with Crippen LogP contribution in [0.3, 0.4) is 0 Å². The zero-order valence-electron chi connectivity index (χ0n) is 9.01. The van der Waals surface area contributed by atoms with Crippen molar-refractivity contribution in [1.29, 1.82) is 0 Å². The first-order valence-corrected chi connectivity index (χ1v) is 5.76. The number of aliphatic hydroxyl groups excluding tert-OH is 1. The predicted octanol–water partition coefficient (Wildman–Crippen LogP) is -0.0294. The molecule has 1 aliphatic rings. The largest absolute Gasteiger partial charge is 0.382 e. The summed E-state index contributed by atoms with van der Waals surface area (Å²) in [5.74, 6) is -1.10. The van der Waals surface area contributed by atoms with Crippen molar-refractivity contribution in [3.05, 3.63) is 6.61 Å². The molecule has 0 aromatic carbocycles. The van der Waals surface area contributed by atoms with E-state index in [4.69, 9.17) is 4.74 Å². The molecule has 91 valence electrons. The van der Waals surface area contributed by atoms with Crippen LogP contribution in [0.15, 0.2) is 0 Å². The molecule has 1 heterocycles. The normalized spacial score (nSPS) is 36.8. The van der Waals surface area contributed by atoms with E-state index in [1.165, 1.54) is 20.5 Å². The summed E-state index contributed by atoms with van der Waals surface area (Å²) in [6.45, 7) is 3.74. The van der Waals surface area contributed by atoms with Crippen molar-refractivity contribution in [1.82, 2.24) is 0 Å².